The number of hydrogen-bond acceptors (Lipinski definition) is 3. The Kier molecular flexibility index (Phi) is 4.56. The first-order valence-electron chi connectivity index (χ1n) is 6.80. The Balaban J connectivity index is 1.79. The quantitative estimate of drug-likeness (QED) is 0.838. The van der Waals surface area contributed by atoms with Crippen LogP contribution in [0.5, 0.6) is 11.5 Å². The van der Waals surface area contributed by atoms with Crippen molar-refractivity contribution in [1.82, 2.24) is 0 Å². The number of benzene rings is 2. The molecular formula is C16H15BrClNO2. The van der Waals surface area contributed by atoms with Gasteiger partial charge in [0.05, 0.1) is 28.4 Å². The summed E-state index contributed by atoms with van der Waals surface area (Å²) in [5.41, 5.74) is 2.02. The highest BCUT2D eigenvalue weighted by molar-refractivity contribution is 9.10. The van der Waals surface area contributed by atoms with Gasteiger partial charge in [-0.05, 0) is 45.8 Å². The molecule has 0 atom stereocenters. The molecule has 1 heterocycles. The third-order valence-corrected chi connectivity index (χ3v) is 4.14. The average molecular weight is 369 g/mol. The topological polar surface area (TPSA) is 30.5 Å². The summed E-state index contributed by atoms with van der Waals surface area (Å²) in [5.74, 6) is 1.58. The third-order valence-electron chi connectivity index (χ3n) is 3.22. The Morgan fingerprint density at radius 1 is 1.14 bits per heavy atom. The molecule has 0 saturated heterocycles. The summed E-state index contributed by atoms with van der Waals surface area (Å²) in [5, 5.41) is 4.04. The largest absolute Gasteiger partial charge is 0.490 e. The van der Waals surface area contributed by atoms with E-state index in [1.54, 1.807) is 0 Å². The van der Waals surface area contributed by atoms with Gasteiger partial charge < -0.3 is 14.8 Å². The van der Waals surface area contributed by atoms with Crippen molar-refractivity contribution in [2.45, 2.75) is 13.0 Å². The van der Waals surface area contributed by atoms with E-state index < -0.39 is 0 Å². The fraction of sp³-hybridized carbons (Fsp3) is 0.250. The van der Waals surface area contributed by atoms with Gasteiger partial charge in [0.15, 0.2) is 11.5 Å². The summed E-state index contributed by atoms with van der Waals surface area (Å²) < 4.78 is 12.4. The van der Waals surface area contributed by atoms with Gasteiger partial charge in [0.25, 0.3) is 0 Å². The molecule has 110 valence electrons. The van der Waals surface area contributed by atoms with Gasteiger partial charge in [-0.1, -0.05) is 23.7 Å². The lowest BCUT2D eigenvalue weighted by Crippen LogP contribution is -2.01. The van der Waals surface area contributed by atoms with Crippen LogP contribution < -0.4 is 14.8 Å². The third kappa shape index (κ3) is 3.44. The molecule has 0 unspecified atom stereocenters. The number of hydrogen-bond donors (Lipinski definition) is 1. The highest BCUT2D eigenvalue weighted by atomic mass is 79.9. The highest BCUT2D eigenvalue weighted by Crippen LogP contribution is 2.38. The van der Waals surface area contributed by atoms with Gasteiger partial charge in [-0.2, -0.15) is 0 Å². The molecule has 2 aromatic rings. The lowest BCUT2D eigenvalue weighted by molar-refractivity contribution is 0.296. The maximum absolute atomic E-state index is 6.14. The normalized spacial score (nSPS) is 13.6. The van der Waals surface area contributed by atoms with Gasteiger partial charge in [0.2, 0.25) is 0 Å². The zero-order valence-electron chi connectivity index (χ0n) is 11.4. The van der Waals surface area contributed by atoms with Crippen LogP contribution in [0.15, 0.2) is 40.9 Å². The Bertz CT molecular complexity index is 648. The minimum Gasteiger partial charge on any atom is -0.490 e. The van der Waals surface area contributed by atoms with Crippen molar-refractivity contribution in [2.75, 3.05) is 18.5 Å². The van der Waals surface area contributed by atoms with Crippen molar-refractivity contribution < 1.29 is 9.47 Å². The van der Waals surface area contributed by atoms with E-state index in [2.05, 4.69) is 21.2 Å². The van der Waals surface area contributed by atoms with Crippen LogP contribution in [0.25, 0.3) is 0 Å². The predicted octanol–water partition coefficient (Wildman–Crippen LogP) is 4.88. The van der Waals surface area contributed by atoms with Crippen LogP contribution in [0.4, 0.5) is 5.69 Å². The van der Waals surface area contributed by atoms with Crippen LogP contribution >= 0.6 is 27.5 Å². The van der Waals surface area contributed by atoms with E-state index in [1.807, 2.05) is 36.4 Å². The fourth-order valence-corrected chi connectivity index (χ4v) is 2.99. The molecule has 5 heteroatoms. The summed E-state index contributed by atoms with van der Waals surface area (Å²) in [6.45, 7) is 2.03. The second kappa shape index (κ2) is 6.58. The molecule has 0 amide bonds. The summed E-state index contributed by atoms with van der Waals surface area (Å²) in [7, 11) is 0. The van der Waals surface area contributed by atoms with Crippen LogP contribution in [0.1, 0.15) is 12.0 Å². The second-order valence-electron chi connectivity index (χ2n) is 4.79. The van der Waals surface area contributed by atoms with Gasteiger partial charge in [-0.3, -0.25) is 0 Å². The SMILES string of the molecule is Clc1ccccc1NCc1cc(Br)c2c(c1)OCCCO2. The maximum atomic E-state index is 6.14. The smallest absolute Gasteiger partial charge is 0.175 e. The molecule has 3 nitrogen and oxygen atoms in total. The lowest BCUT2D eigenvalue weighted by Gasteiger charge is -2.13. The van der Waals surface area contributed by atoms with Crippen LogP contribution in [-0.4, -0.2) is 13.2 Å². The molecule has 1 aliphatic rings. The number of para-hydroxylation sites is 1. The zero-order chi connectivity index (χ0) is 14.7. The number of anilines is 1. The van der Waals surface area contributed by atoms with Crippen molar-refractivity contribution in [3.05, 3.63) is 51.5 Å². The first kappa shape index (κ1) is 14.5. The Morgan fingerprint density at radius 2 is 1.95 bits per heavy atom. The Labute approximate surface area is 137 Å². The molecule has 0 saturated carbocycles. The molecule has 1 aliphatic heterocycles. The Hall–Kier alpha value is -1.39. The fourth-order valence-electron chi connectivity index (χ4n) is 2.19. The minimum atomic E-state index is 0.666. The van der Waals surface area contributed by atoms with Gasteiger partial charge in [-0.25, -0.2) is 0 Å². The molecule has 0 bridgehead atoms. The summed E-state index contributed by atoms with van der Waals surface area (Å²) >= 11 is 9.69. The van der Waals surface area contributed by atoms with Crippen molar-refractivity contribution in [3.63, 3.8) is 0 Å². The molecule has 21 heavy (non-hydrogen) atoms. The molecule has 0 aromatic heterocycles. The van der Waals surface area contributed by atoms with E-state index >= 15 is 0 Å². The molecule has 0 fully saturated rings. The van der Waals surface area contributed by atoms with Gasteiger partial charge in [0.1, 0.15) is 0 Å². The number of ether oxygens (including phenoxy) is 2. The highest BCUT2D eigenvalue weighted by Gasteiger charge is 2.15. The number of nitrogens with one attached hydrogen (secondary N) is 1. The van der Waals surface area contributed by atoms with E-state index in [4.69, 9.17) is 21.1 Å². The van der Waals surface area contributed by atoms with E-state index in [0.29, 0.717) is 24.8 Å². The second-order valence-corrected chi connectivity index (χ2v) is 6.05. The lowest BCUT2D eigenvalue weighted by atomic mass is 10.2. The summed E-state index contributed by atoms with van der Waals surface area (Å²) in [6.07, 6.45) is 0.897. The van der Waals surface area contributed by atoms with Crippen molar-refractivity contribution in [3.8, 4) is 11.5 Å². The van der Waals surface area contributed by atoms with Crippen LogP contribution in [-0.2, 0) is 6.54 Å². The number of rotatable bonds is 3. The zero-order valence-corrected chi connectivity index (χ0v) is 13.7. The molecule has 1 N–H and O–H groups in total. The van der Waals surface area contributed by atoms with Crippen LogP contribution in [0.3, 0.4) is 0 Å². The molecule has 2 aromatic carbocycles. The van der Waals surface area contributed by atoms with E-state index in [9.17, 15) is 0 Å². The van der Waals surface area contributed by atoms with Crippen molar-refractivity contribution >= 4 is 33.2 Å². The predicted molar refractivity (Wildman–Crippen MR) is 88.5 cm³/mol. The van der Waals surface area contributed by atoms with E-state index in [1.165, 1.54) is 0 Å². The molecule has 0 radical (unpaired) electrons. The van der Waals surface area contributed by atoms with Gasteiger partial charge >= 0.3 is 0 Å². The molecule has 3 rings (SSSR count). The minimum absolute atomic E-state index is 0.666. The van der Waals surface area contributed by atoms with E-state index in [-0.39, 0.29) is 0 Å². The van der Waals surface area contributed by atoms with Crippen LogP contribution in [0.2, 0.25) is 5.02 Å². The van der Waals surface area contributed by atoms with Crippen LogP contribution in [0, 0.1) is 0 Å². The van der Waals surface area contributed by atoms with Gasteiger partial charge in [0, 0.05) is 13.0 Å². The van der Waals surface area contributed by atoms with E-state index in [0.717, 1.165) is 33.6 Å². The maximum Gasteiger partial charge on any atom is 0.175 e. The van der Waals surface area contributed by atoms with Crippen molar-refractivity contribution in [2.24, 2.45) is 0 Å². The standard InChI is InChI=1S/C16H15BrClNO2/c17-12-8-11(9-15-16(12)21-7-3-6-20-15)10-19-14-5-2-1-4-13(14)18/h1-2,4-5,8-9,19H,3,6-7,10H2. The molecule has 0 aliphatic carbocycles. The Morgan fingerprint density at radius 3 is 2.81 bits per heavy atom. The van der Waals surface area contributed by atoms with Gasteiger partial charge in [-0.15, -0.1) is 0 Å². The molecular weight excluding hydrogens is 354 g/mol. The summed E-state index contributed by atoms with van der Waals surface area (Å²) in [6, 6.07) is 11.7. The number of halogens is 2. The number of fused-ring (bicyclic) bond motifs is 1. The van der Waals surface area contributed by atoms with Crippen molar-refractivity contribution in [1.29, 1.82) is 0 Å². The first-order valence-corrected chi connectivity index (χ1v) is 7.97. The average Bonchev–Trinajstić information content (AvgIpc) is 2.72. The summed E-state index contributed by atoms with van der Waals surface area (Å²) in [4.78, 5) is 0. The first-order chi connectivity index (χ1) is 10.2. The molecule has 0 spiro atoms. The monoisotopic (exact) mass is 367 g/mol.